The lowest BCUT2D eigenvalue weighted by atomic mass is 9.90. The second kappa shape index (κ2) is 5.49. The van der Waals surface area contributed by atoms with E-state index in [9.17, 15) is 9.59 Å². The van der Waals surface area contributed by atoms with Gasteiger partial charge in [0.25, 0.3) is 0 Å². The Morgan fingerprint density at radius 3 is 1.76 bits per heavy atom. The molecule has 0 aromatic heterocycles. The van der Waals surface area contributed by atoms with Gasteiger partial charge in [-0.3, -0.25) is 4.89 Å². The summed E-state index contributed by atoms with van der Waals surface area (Å²) in [7, 11) is 0. The van der Waals surface area contributed by atoms with Gasteiger partial charge in [0.2, 0.25) is 0 Å². The minimum absolute atomic E-state index is 0.235. The molecule has 1 atom stereocenters. The second-order valence-corrected chi connectivity index (χ2v) is 5.98. The predicted molar refractivity (Wildman–Crippen MR) is 61.9 cm³/mol. The van der Waals surface area contributed by atoms with Gasteiger partial charge in [-0.2, -0.15) is 4.89 Å². The molecule has 0 bridgehead atoms. The van der Waals surface area contributed by atoms with Gasteiger partial charge in [0.15, 0.2) is 0 Å². The molecule has 0 aromatic carbocycles. The van der Waals surface area contributed by atoms with E-state index in [1.54, 1.807) is 27.7 Å². The topological polar surface area (TPSA) is 61.8 Å². The van der Waals surface area contributed by atoms with Crippen molar-refractivity contribution in [3.8, 4) is 0 Å². The normalized spacial score (nSPS) is 14.1. The molecule has 5 nitrogen and oxygen atoms in total. The van der Waals surface area contributed by atoms with Gasteiger partial charge in [-0.25, -0.2) is 9.59 Å². The standard InChI is InChI=1S/C12H22O5/c1-8(11(2,3)4)15-9(13)10(14)16-17-12(5,6)7/h8H,1-7H3/t8-/m1/s1. The summed E-state index contributed by atoms with van der Waals surface area (Å²) < 4.78 is 4.95. The number of esters is 1. The highest BCUT2D eigenvalue weighted by atomic mass is 17.2. The lowest BCUT2D eigenvalue weighted by Gasteiger charge is -2.26. The molecule has 0 N–H and O–H groups in total. The fourth-order valence-corrected chi connectivity index (χ4v) is 0.582. The van der Waals surface area contributed by atoms with E-state index in [0.29, 0.717) is 0 Å². The molecule has 0 saturated heterocycles. The zero-order valence-electron chi connectivity index (χ0n) is 11.6. The minimum Gasteiger partial charge on any atom is -0.454 e. The molecule has 5 heteroatoms. The van der Waals surface area contributed by atoms with Crippen LogP contribution in [0.5, 0.6) is 0 Å². The third-order valence-electron chi connectivity index (χ3n) is 2.04. The number of hydrogen-bond acceptors (Lipinski definition) is 5. The summed E-state index contributed by atoms with van der Waals surface area (Å²) in [6.45, 7) is 12.5. The highest BCUT2D eigenvalue weighted by Crippen LogP contribution is 2.21. The molecule has 17 heavy (non-hydrogen) atoms. The van der Waals surface area contributed by atoms with Crippen molar-refractivity contribution >= 4 is 11.9 Å². The van der Waals surface area contributed by atoms with Crippen molar-refractivity contribution in [3.63, 3.8) is 0 Å². The Bertz CT molecular complexity index is 282. The molecule has 0 saturated carbocycles. The Labute approximate surface area is 102 Å². The van der Waals surface area contributed by atoms with E-state index >= 15 is 0 Å². The third-order valence-corrected chi connectivity index (χ3v) is 2.04. The molecule has 0 aliphatic heterocycles. The molecule has 0 unspecified atom stereocenters. The number of rotatable bonds is 2. The van der Waals surface area contributed by atoms with Crippen LogP contribution in [0, 0.1) is 5.41 Å². The first-order valence-electron chi connectivity index (χ1n) is 5.54. The maximum Gasteiger partial charge on any atom is 0.449 e. The molecule has 0 aromatic rings. The monoisotopic (exact) mass is 246 g/mol. The summed E-state index contributed by atoms with van der Waals surface area (Å²) in [5.74, 6) is -2.19. The Hall–Kier alpha value is -1.10. The molecule has 0 rings (SSSR count). The molecular weight excluding hydrogens is 224 g/mol. The van der Waals surface area contributed by atoms with Gasteiger partial charge in [-0.15, -0.1) is 0 Å². The molecule has 0 fully saturated rings. The predicted octanol–water partition coefficient (Wildman–Crippen LogP) is 2.24. The van der Waals surface area contributed by atoms with Crippen LogP contribution in [0.4, 0.5) is 0 Å². The fraction of sp³-hybridized carbons (Fsp3) is 0.833. The van der Waals surface area contributed by atoms with E-state index in [1.807, 2.05) is 20.8 Å². The van der Waals surface area contributed by atoms with Crippen LogP contribution in [0.15, 0.2) is 0 Å². The summed E-state index contributed by atoms with van der Waals surface area (Å²) >= 11 is 0. The van der Waals surface area contributed by atoms with E-state index in [4.69, 9.17) is 9.62 Å². The molecular formula is C12H22O5. The van der Waals surface area contributed by atoms with E-state index < -0.39 is 23.6 Å². The number of carbonyl (C=O) groups is 2. The lowest BCUT2D eigenvalue weighted by Crippen LogP contribution is -2.33. The first kappa shape index (κ1) is 15.9. The second-order valence-electron chi connectivity index (χ2n) is 5.98. The fourth-order valence-electron chi connectivity index (χ4n) is 0.582. The maximum atomic E-state index is 11.3. The number of carbonyl (C=O) groups excluding carboxylic acids is 2. The molecule has 0 heterocycles. The molecule has 0 spiro atoms. The summed E-state index contributed by atoms with van der Waals surface area (Å²) in [6.07, 6.45) is -0.391. The Balaban J connectivity index is 4.21. The van der Waals surface area contributed by atoms with Crippen LogP contribution in [0.3, 0.4) is 0 Å². The largest absolute Gasteiger partial charge is 0.454 e. The van der Waals surface area contributed by atoms with Crippen molar-refractivity contribution in [2.24, 2.45) is 5.41 Å². The smallest absolute Gasteiger partial charge is 0.449 e. The summed E-state index contributed by atoms with van der Waals surface area (Å²) in [6, 6.07) is 0. The summed E-state index contributed by atoms with van der Waals surface area (Å²) in [5, 5.41) is 0. The lowest BCUT2D eigenvalue weighted by molar-refractivity contribution is -0.319. The van der Waals surface area contributed by atoms with Gasteiger partial charge in [-0.05, 0) is 33.1 Å². The zero-order valence-corrected chi connectivity index (χ0v) is 11.6. The molecule has 100 valence electrons. The van der Waals surface area contributed by atoms with Gasteiger partial charge in [0.05, 0.1) is 0 Å². The zero-order chi connectivity index (χ0) is 13.9. The van der Waals surface area contributed by atoms with Crippen LogP contribution >= 0.6 is 0 Å². The first-order chi connectivity index (χ1) is 7.43. The third kappa shape index (κ3) is 6.94. The van der Waals surface area contributed by atoms with Gasteiger partial charge in [-0.1, -0.05) is 20.8 Å². The van der Waals surface area contributed by atoms with Crippen LogP contribution in [0.2, 0.25) is 0 Å². The van der Waals surface area contributed by atoms with E-state index in [2.05, 4.69) is 4.89 Å². The molecule has 0 amide bonds. The van der Waals surface area contributed by atoms with Crippen LogP contribution in [0.1, 0.15) is 48.5 Å². The van der Waals surface area contributed by atoms with Gasteiger partial charge in [0.1, 0.15) is 11.7 Å². The Kier molecular flexibility index (Phi) is 5.13. The SMILES string of the molecule is C[C@@H](OC(=O)C(=O)OOC(C)(C)C)C(C)(C)C. The average Bonchev–Trinajstić information content (AvgIpc) is 2.11. The van der Waals surface area contributed by atoms with Gasteiger partial charge < -0.3 is 4.74 Å². The molecule has 0 aliphatic rings. The van der Waals surface area contributed by atoms with Crippen LogP contribution in [-0.4, -0.2) is 23.6 Å². The van der Waals surface area contributed by atoms with Crippen molar-refractivity contribution in [3.05, 3.63) is 0 Å². The van der Waals surface area contributed by atoms with Gasteiger partial charge >= 0.3 is 11.9 Å². The van der Waals surface area contributed by atoms with Crippen LogP contribution in [0.25, 0.3) is 0 Å². The molecule has 0 radical (unpaired) electrons. The van der Waals surface area contributed by atoms with Crippen molar-refractivity contribution in [1.82, 2.24) is 0 Å². The quantitative estimate of drug-likeness (QED) is 0.323. The first-order valence-corrected chi connectivity index (χ1v) is 5.54. The van der Waals surface area contributed by atoms with E-state index in [0.717, 1.165) is 0 Å². The Morgan fingerprint density at radius 2 is 1.41 bits per heavy atom. The van der Waals surface area contributed by atoms with E-state index in [-0.39, 0.29) is 5.41 Å². The van der Waals surface area contributed by atoms with Gasteiger partial charge in [0, 0.05) is 0 Å². The highest BCUT2D eigenvalue weighted by Gasteiger charge is 2.29. The van der Waals surface area contributed by atoms with E-state index in [1.165, 1.54) is 0 Å². The summed E-state index contributed by atoms with van der Waals surface area (Å²) in [4.78, 5) is 31.7. The highest BCUT2D eigenvalue weighted by molar-refractivity contribution is 6.29. The van der Waals surface area contributed by atoms with Crippen molar-refractivity contribution in [2.75, 3.05) is 0 Å². The molecule has 0 aliphatic carbocycles. The van der Waals surface area contributed by atoms with Crippen molar-refractivity contribution < 1.29 is 24.1 Å². The maximum absolute atomic E-state index is 11.3. The number of ether oxygens (including phenoxy) is 1. The van der Waals surface area contributed by atoms with Crippen molar-refractivity contribution in [2.45, 2.75) is 60.2 Å². The minimum atomic E-state index is -1.14. The van der Waals surface area contributed by atoms with Crippen LogP contribution in [-0.2, 0) is 24.1 Å². The Morgan fingerprint density at radius 1 is 0.941 bits per heavy atom. The van der Waals surface area contributed by atoms with Crippen LogP contribution < -0.4 is 0 Å². The number of hydrogen-bond donors (Lipinski definition) is 0. The average molecular weight is 246 g/mol. The van der Waals surface area contributed by atoms with Crippen molar-refractivity contribution in [1.29, 1.82) is 0 Å². The summed E-state index contributed by atoms with van der Waals surface area (Å²) in [5.41, 5.74) is -0.896.